The van der Waals surface area contributed by atoms with E-state index >= 15 is 0 Å². The number of rotatable bonds is 3. The second kappa shape index (κ2) is 5.05. The van der Waals surface area contributed by atoms with E-state index in [-0.39, 0.29) is 6.61 Å². The minimum atomic E-state index is 0.0753. The zero-order chi connectivity index (χ0) is 12.4. The van der Waals surface area contributed by atoms with Crippen molar-refractivity contribution in [3.63, 3.8) is 0 Å². The fourth-order valence-corrected chi connectivity index (χ4v) is 2.77. The lowest BCUT2D eigenvalue weighted by Crippen LogP contribution is -2.34. The second-order valence-corrected chi connectivity index (χ2v) is 4.97. The van der Waals surface area contributed by atoms with Crippen LogP contribution in [-0.2, 0) is 6.61 Å². The summed E-state index contributed by atoms with van der Waals surface area (Å²) >= 11 is 0. The van der Waals surface area contributed by atoms with E-state index in [4.69, 9.17) is 0 Å². The Morgan fingerprint density at radius 2 is 2.18 bits per heavy atom. The molecule has 0 aliphatic carbocycles. The highest BCUT2D eigenvalue weighted by atomic mass is 16.3. The average molecular weight is 234 g/mol. The first-order valence-electron chi connectivity index (χ1n) is 6.53. The molecule has 0 saturated carbocycles. The number of pyridine rings is 1. The van der Waals surface area contributed by atoms with Crippen molar-refractivity contribution in [2.45, 2.75) is 58.7 Å². The molecule has 1 N–H and O–H groups in total. The largest absolute Gasteiger partial charge is 0.392 e. The van der Waals surface area contributed by atoms with Crippen molar-refractivity contribution in [1.82, 2.24) is 4.98 Å². The monoisotopic (exact) mass is 234 g/mol. The van der Waals surface area contributed by atoms with E-state index in [9.17, 15) is 5.11 Å². The molecule has 3 heteroatoms. The van der Waals surface area contributed by atoms with Crippen LogP contribution < -0.4 is 4.90 Å². The van der Waals surface area contributed by atoms with E-state index in [2.05, 4.69) is 23.7 Å². The summed E-state index contributed by atoms with van der Waals surface area (Å²) in [5.41, 5.74) is 1.87. The quantitative estimate of drug-likeness (QED) is 0.873. The summed E-state index contributed by atoms with van der Waals surface area (Å²) in [6.45, 7) is 6.56. The molecule has 0 radical (unpaired) electrons. The van der Waals surface area contributed by atoms with Crippen LogP contribution in [0, 0.1) is 6.92 Å². The molecule has 2 rings (SSSR count). The number of aliphatic hydroxyl groups excluding tert-OH is 1. The third-order valence-electron chi connectivity index (χ3n) is 3.87. The predicted octanol–water partition coefficient (Wildman–Crippen LogP) is 2.65. The van der Waals surface area contributed by atoms with E-state index in [1.165, 1.54) is 19.3 Å². The van der Waals surface area contributed by atoms with Crippen molar-refractivity contribution in [1.29, 1.82) is 0 Å². The molecule has 1 saturated heterocycles. The lowest BCUT2D eigenvalue weighted by molar-refractivity contribution is 0.280. The van der Waals surface area contributed by atoms with Crippen LogP contribution in [0.5, 0.6) is 0 Å². The predicted molar refractivity (Wildman–Crippen MR) is 70.2 cm³/mol. The normalized spacial score (nSPS) is 24.4. The van der Waals surface area contributed by atoms with Crippen molar-refractivity contribution >= 4 is 5.82 Å². The first-order valence-corrected chi connectivity index (χ1v) is 6.53. The molecule has 1 aromatic rings. The van der Waals surface area contributed by atoms with Gasteiger partial charge in [0.05, 0.1) is 6.61 Å². The van der Waals surface area contributed by atoms with E-state index in [1.54, 1.807) is 0 Å². The molecule has 2 atom stereocenters. The van der Waals surface area contributed by atoms with Crippen LogP contribution in [0.15, 0.2) is 12.1 Å². The van der Waals surface area contributed by atoms with Gasteiger partial charge in [-0.15, -0.1) is 0 Å². The molecule has 3 nitrogen and oxygen atoms in total. The molecular formula is C14H22N2O. The maximum absolute atomic E-state index is 9.17. The van der Waals surface area contributed by atoms with Gasteiger partial charge >= 0.3 is 0 Å². The van der Waals surface area contributed by atoms with Crippen LogP contribution in [0.2, 0.25) is 0 Å². The van der Waals surface area contributed by atoms with Crippen LogP contribution >= 0.6 is 0 Å². The average Bonchev–Trinajstić information content (AvgIpc) is 2.70. The van der Waals surface area contributed by atoms with Crippen LogP contribution in [-0.4, -0.2) is 22.2 Å². The Bertz CT molecular complexity index is 392. The maximum atomic E-state index is 9.17. The molecule has 2 heterocycles. The first kappa shape index (κ1) is 12.4. The summed E-state index contributed by atoms with van der Waals surface area (Å²) in [7, 11) is 0. The number of anilines is 1. The molecule has 1 aliphatic rings. The van der Waals surface area contributed by atoms with Crippen molar-refractivity contribution in [3.8, 4) is 0 Å². The maximum Gasteiger partial charge on any atom is 0.129 e. The van der Waals surface area contributed by atoms with Crippen LogP contribution in [0.4, 0.5) is 5.82 Å². The molecule has 0 aromatic carbocycles. The molecule has 94 valence electrons. The van der Waals surface area contributed by atoms with Crippen LogP contribution in [0.25, 0.3) is 0 Å². The van der Waals surface area contributed by atoms with Gasteiger partial charge in [-0.3, -0.25) is 0 Å². The highest BCUT2D eigenvalue weighted by Gasteiger charge is 2.30. The van der Waals surface area contributed by atoms with Gasteiger partial charge in [0.15, 0.2) is 0 Å². The summed E-state index contributed by atoms with van der Waals surface area (Å²) in [5.74, 6) is 1.07. The van der Waals surface area contributed by atoms with Crippen molar-refractivity contribution in [2.75, 3.05) is 4.90 Å². The fourth-order valence-electron chi connectivity index (χ4n) is 2.77. The van der Waals surface area contributed by atoms with Crippen molar-refractivity contribution in [2.24, 2.45) is 0 Å². The smallest absolute Gasteiger partial charge is 0.129 e. The molecule has 1 fully saturated rings. The van der Waals surface area contributed by atoms with Crippen molar-refractivity contribution < 1.29 is 5.11 Å². The molecule has 0 amide bonds. The van der Waals surface area contributed by atoms with E-state index in [1.807, 2.05) is 19.1 Å². The summed E-state index contributed by atoms with van der Waals surface area (Å²) in [5, 5.41) is 9.17. The molecule has 2 unspecified atom stereocenters. The van der Waals surface area contributed by atoms with E-state index in [0.29, 0.717) is 12.1 Å². The SMILES string of the molecule is CCC1CCC(C)N1c1ccc(CO)c(C)n1. The third-order valence-corrected chi connectivity index (χ3v) is 3.87. The molecule has 1 aromatic heterocycles. The Balaban J connectivity index is 2.29. The first-order chi connectivity index (χ1) is 8.17. The standard InChI is InChI=1S/C14H22N2O/c1-4-13-7-5-10(2)16(13)14-8-6-12(9-17)11(3)15-14/h6,8,10,13,17H,4-5,7,9H2,1-3H3. The third kappa shape index (κ3) is 2.29. The van der Waals surface area contributed by atoms with Gasteiger partial charge in [-0.25, -0.2) is 4.98 Å². The van der Waals surface area contributed by atoms with Gasteiger partial charge in [-0.05, 0) is 44.7 Å². The number of aromatic nitrogens is 1. The Kier molecular flexibility index (Phi) is 3.67. The Hall–Kier alpha value is -1.09. The summed E-state index contributed by atoms with van der Waals surface area (Å²) in [4.78, 5) is 7.08. The zero-order valence-corrected chi connectivity index (χ0v) is 11.0. The molecule has 1 aliphatic heterocycles. The molecule has 0 spiro atoms. The van der Waals surface area contributed by atoms with Gasteiger partial charge in [0.2, 0.25) is 0 Å². The van der Waals surface area contributed by atoms with Gasteiger partial charge < -0.3 is 10.0 Å². The Morgan fingerprint density at radius 3 is 2.76 bits per heavy atom. The lowest BCUT2D eigenvalue weighted by atomic mass is 10.1. The van der Waals surface area contributed by atoms with Crippen LogP contribution in [0.1, 0.15) is 44.4 Å². The second-order valence-electron chi connectivity index (χ2n) is 4.97. The fraction of sp³-hybridized carbons (Fsp3) is 0.643. The number of hydrogen-bond acceptors (Lipinski definition) is 3. The Labute approximate surface area is 103 Å². The van der Waals surface area contributed by atoms with Gasteiger partial charge in [-0.1, -0.05) is 13.0 Å². The van der Waals surface area contributed by atoms with Gasteiger partial charge in [-0.2, -0.15) is 0 Å². The number of hydrogen-bond donors (Lipinski definition) is 1. The lowest BCUT2D eigenvalue weighted by Gasteiger charge is -2.29. The Morgan fingerprint density at radius 1 is 1.41 bits per heavy atom. The molecule has 0 bridgehead atoms. The van der Waals surface area contributed by atoms with Crippen molar-refractivity contribution in [3.05, 3.63) is 23.4 Å². The number of aliphatic hydroxyl groups is 1. The van der Waals surface area contributed by atoms with Gasteiger partial charge in [0.25, 0.3) is 0 Å². The van der Waals surface area contributed by atoms with Gasteiger partial charge in [0.1, 0.15) is 5.82 Å². The van der Waals surface area contributed by atoms with E-state index < -0.39 is 0 Å². The highest BCUT2D eigenvalue weighted by Crippen LogP contribution is 2.31. The van der Waals surface area contributed by atoms with Crippen LogP contribution in [0.3, 0.4) is 0 Å². The van der Waals surface area contributed by atoms with Gasteiger partial charge in [0, 0.05) is 17.8 Å². The molecule has 17 heavy (non-hydrogen) atoms. The number of nitrogens with zero attached hydrogens (tertiary/aromatic N) is 2. The molecular weight excluding hydrogens is 212 g/mol. The topological polar surface area (TPSA) is 36.4 Å². The summed E-state index contributed by atoms with van der Waals surface area (Å²) in [6, 6.07) is 5.24. The number of aryl methyl sites for hydroxylation is 1. The van der Waals surface area contributed by atoms with E-state index in [0.717, 1.165) is 17.1 Å². The highest BCUT2D eigenvalue weighted by molar-refractivity contribution is 5.45. The summed E-state index contributed by atoms with van der Waals surface area (Å²) < 4.78 is 0. The minimum Gasteiger partial charge on any atom is -0.392 e. The summed E-state index contributed by atoms with van der Waals surface area (Å²) in [6.07, 6.45) is 3.69. The zero-order valence-electron chi connectivity index (χ0n) is 11.0. The minimum absolute atomic E-state index is 0.0753.